The predicted molar refractivity (Wildman–Crippen MR) is 124 cm³/mol. The van der Waals surface area contributed by atoms with Crippen molar-refractivity contribution < 1.29 is 0 Å². The summed E-state index contributed by atoms with van der Waals surface area (Å²) in [5.74, 6) is 2.93. The third-order valence-corrected chi connectivity index (χ3v) is 7.29. The molecular formula is C28H34N2. The molecule has 2 nitrogen and oxygen atoms in total. The monoisotopic (exact) mass is 398 g/mol. The average Bonchev–Trinajstić information content (AvgIpc) is 2.81. The zero-order chi connectivity index (χ0) is 21.2. The van der Waals surface area contributed by atoms with Gasteiger partial charge in [-0.3, -0.25) is 0 Å². The van der Waals surface area contributed by atoms with Gasteiger partial charge in [0.15, 0.2) is 0 Å². The largest absolute Gasteiger partial charge is 0.193 e. The van der Waals surface area contributed by atoms with Crippen LogP contribution in [0.3, 0.4) is 0 Å². The van der Waals surface area contributed by atoms with Crippen LogP contribution < -0.4 is 0 Å². The first-order chi connectivity index (χ1) is 14.7. The molecule has 0 heterocycles. The molecule has 0 spiro atoms. The maximum absolute atomic E-state index is 8.98. The molecule has 156 valence electrons. The number of hydrogen-bond acceptors (Lipinski definition) is 2. The van der Waals surface area contributed by atoms with E-state index in [1.54, 1.807) is 0 Å². The molecule has 30 heavy (non-hydrogen) atoms. The van der Waals surface area contributed by atoms with Crippen LogP contribution in [0.25, 0.3) is 0 Å². The Bertz CT molecular complexity index is 815. The van der Waals surface area contributed by atoms with Gasteiger partial charge in [-0.15, -0.1) is 0 Å². The zero-order valence-corrected chi connectivity index (χ0v) is 18.1. The fourth-order valence-electron chi connectivity index (χ4n) is 5.39. The summed E-state index contributed by atoms with van der Waals surface area (Å²) < 4.78 is 0. The summed E-state index contributed by atoms with van der Waals surface area (Å²) in [5, 5.41) is 17.5. The quantitative estimate of drug-likeness (QED) is 0.269. The molecule has 0 bridgehead atoms. The Kier molecular flexibility index (Phi) is 8.53. The Hall–Kier alpha value is -2.58. The second-order valence-corrected chi connectivity index (χ2v) is 9.07. The number of hydrogen-bond donors (Lipinski definition) is 0. The Morgan fingerprint density at radius 2 is 1.53 bits per heavy atom. The van der Waals surface area contributed by atoms with E-state index in [2.05, 4.69) is 30.9 Å². The highest BCUT2D eigenvalue weighted by atomic mass is 14.3. The van der Waals surface area contributed by atoms with Gasteiger partial charge in [-0.25, -0.2) is 0 Å². The molecule has 0 saturated heterocycles. The van der Waals surface area contributed by atoms with Crippen LogP contribution in [0, 0.1) is 40.4 Å². The summed E-state index contributed by atoms with van der Waals surface area (Å²) in [5.41, 5.74) is 3.69. The van der Waals surface area contributed by atoms with Crippen molar-refractivity contribution in [2.24, 2.45) is 17.8 Å². The molecule has 0 radical (unpaired) electrons. The van der Waals surface area contributed by atoms with Crippen LogP contribution in [0.1, 0.15) is 81.3 Å². The van der Waals surface area contributed by atoms with Gasteiger partial charge in [0.2, 0.25) is 0 Å². The van der Waals surface area contributed by atoms with Gasteiger partial charge >= 0.3 is 0 Å². The fourth-order valence-corrected chi connectivity index (χ4v) is 5.39. The summed E-state index contributed by atoms with van der Waals surface area (Å²) in [6.45, 7) is 4.57. The molecule has 0 aromatic heterocycles. The number of nitriles is 2. The number of rotatable bonds is 7. The van der Waals surface area contributed by atoms with E-state index in [1.807, 2.05) is 30.4 Å². The van der Waals surface area contributed by atoms with E-state index in [0.717, 1.165) is 23.8 Å². The molecule has 0 amide bonds. The molecule has 0 atom stereocenters. The van der Waals surface area contributed by atoms with Crippen LogP contribution >= 0.6 is 0 Å². The molecule has 0 N–H and O–H groups in total. The van der Waals surface area contributed by atoms with Crippen molar-refractivity contribution in [3.05, 3.63) is 71.8 Å². The molecule has 2 aliphatic rings. The van der Waals surface area contributed by atoms with Crippen molar-refractivity contribution >= 4 is 0 Å². The third-order valence-electron chi connectivity index (χ3n) is 7.29. The second-order valence-electron chi connectivity index (χ2n) is 9.07. The fraction of sp³-hybridized carbons (Fsp3) is 0.500. The lowest BCUT2D eigenvalue weighted by molar-refractivity contribution is 0.260. The summed E-state index contributed by atoms with van der Waals surface area (Å²) in [6.07, 6.45) is 20.2. The maximum Gasteiger partial charge on any atom is 0.0991 e. The zero-order valence-electron chi connectivity index (χ0n) is 18.1. The molecule has 1 aromatic carbocycles. The minimum atomic E-state index is 0.647. The van der Waals surface area contributed by atoms with Crippen LogP contribution in [-0.4, -0.2) is 0 Å². The Morgan fingerprint density at radius 3 is 2.13 bits per heavy atom. The summed E-state index contributed by atoms with van der Waals surface area (Å²) in [4.78, 5) is 0. The molecule has 2 aliphatic carbocycles. The molecule has 0 unspecified atom stereocenters. The van der Waals surface area contributed by atoms with Gasteiger partial charge in [0.1, 0.15) is 0 Å². The normalized spacial score (nSPS) is 27.0. The highest BCUT2D eigenvalue weighted by molar-refractivity contribution is 5.33. The van der Waals surface area contributed by atoms with Crippen LogP contribution in [0.5, 0.6) is 0 Å². The maximum atomic E-state index is 8.98. The minimum absolute atomic E-state index is 0.647. The van der Waals surface area contributed by atoms with Gasteiger partial charge < -0.3 is 0 Å². The predicted octanol–water partition coefficient (Wildman–Crippen LogP) is 7.61. The van der Waals surface area contributed by atoms with Crippen LogP contribution in [0.4, 0.5) is 0 Å². The Balaban J connectivity index is 1.38. The molecule has 2 fully saturated rings. The number of nitrogens with zero attached hydrogens (tertiary/aromatic N) is 2. The van der Waals surface area contributed by atoms with E-state index < -0.39 is 0 Å². The summed E-state index contributed by atoms with van der Waals surface area (Å²) in [6, 6.07) is 12.4. The Morgan fingerprint density at radius 1 is 0.900 bits per heavy atom. The van der Waals surface area contributed by atoms with E-state index in [4.69, 9.17) is 10.5 Å². The standard InChI is InChI=1S/C28H34N2/c1-22(25-12-8-23(9-13-25)7-5-3-2-4-6-20-29)26-16-18-28(19-17-26)27-14-10-24(21-30)11-15-27/h2-4,6,10-11,14-15,23,25-26,28H,1,5,7-9,12-13,16-19H2. The lowest BCUT2D eigenvalue weighted by Gasteiger charge is -2.36. The van der Waals surface area contributed by atoms with Gasteiger partial charge in [0.05, 0.1) is 17.7 Å². The molecular weight excluding hydrogens is 364 g/mol. The van der Waals surface area contributed by atoms with Crippen molar-refractivity contribution in [3.8, 4) is 12.1 Å². The van der Waals surface area contributed by atoms with Gasteiger partial charge in [0, 0.05) is 6.08 Å². The molecule has 3 rings (SSSR count). The molecule has 2 heteroatoms. The molecule has 1 aromatic rings. The second kappa shape index (κ2) is 11.6. The highest BCUT2D eigenvalue weighted by Gasteiger charge is 2.29. The van der Waals surface area contributed by atoms with Crippen molar-refractivity contribution in [2.45, 2.75) is 70.1 Å². The van der Waals surface area contributed by atoms with E-state index in [0.29, 0.717) is 11.8 Å². The van der Waals surface area contributed by atoms with Gasteiger partial charge in [-0.1, -0.05) is 42.5 Å². The third kappa shape index (κ3) is 6.21. The Labute approximate surface area is 182 Å². The van der Waals surface area contributed by atoms with Crippen molar-refractivity contribution in [1.29, 1.82) is 10.5 Å². The summed E-state index contributed by atoms with van der Waals surface area (Å²) >= 11 is 0. The minimum Gasteiger partial charge on any atom is -0.193 e. The van der Waals surface area contributed by atoms with Crippen LogP contribution in [0.2, 0.25) is 0 Å². The first-order valence-corrected chi connectivity index (χ1v) is 11.6. The molecule has 2 saturated carbocycles. The van der Waals surface area contributed by atoms with Crippen LogP contribution in [-0.2, 0) is 0 Å². The smallest absolute Gasteiger partial charge is 0.0991 e. The lowest BCUT2D eigenvalue weighted by atomic mass is 9.69. The van der Waals surface area contributed by atoms with Gasteiger partial charge in [-0.05, 0) is 106 Å². The number of benzene rings is 1. The van der Waals surface area contributed by atoms with E-state index in [-0.39, 0.29) is 0 Å². The van der Waals surface area contributed by atoms with Crippen molar-refractivity contribution in [1.82, 2.24) is 0 Å². The topological polar surface area (TPSA) is 47.6 Å². The first-order valence-electron chi connectivity index (χ1n) is 11.6. The first kappa shape index (κ1) is 22.1. The lowest BCUT2D eigenvalue weighted by Crippen LogP contribution is -2.22. The van der Waals surface area contributed by atoms with Gasteiger partial charge in [0.25, 0.3) is 0 Å². The van der Waals surface area contributed by atoms with Crippen molar-refractivity contribution in [3.63, 3.8) is 0 Å². The van der Waals surface area contributed by atoms with Crippen molar-refractivity contribution in [2.75, 3.05) is 0 Å². The van der Waals surface area contributed by atoms with E-state index in [9.17, 15) is 0 Å². The van der Waals surface area contributed by atoms with Crippen LogP contribution in [0.15, 0.2) is 60.7 Å². The highest BCUT2D eigenvalue weighted by Crippen LogP contribution is 2.44. The van der Waals surface area contributed by atoms with E-state index >= 15 is 0 Å². The van der Waals surface area contributed by atoms with Gasteiger partial charge in [-0.2, -0.15) is 10.5 Å². The number of allylic oxidation sites excluding steroid dienone is 5. The average molecular weight is 399 g/mol. The van der Waals surface area contributed by atoms with E-state index in [1.165, 1.54) is 75.0 Å². The SMILES string of the molecule is C=C(C1CCC(CCC=CC=CC#N)CC1)C1CCC(c2ccc(C#N)cc2)CC1. The molecule has 0 aliphatic heterocycles. The summed E-state index contributed by atoms with van der Waals surface area (Å²) in [7, 11) is 0.